The van der Waals surface area contributed by atoms with Gasteiger partial charge in [0.2, 0.25) is 0 Å². The van der Waals surface area contributed by atoms with Crippen molar-refractivity contribution in [2.45, 2.75) is 0 Å². The Labute approximate surface area is 38.9 Å². The average molecular weight is 261 g/mol. The van der Waals surface area contributed by atoms with Gasteiger partial charge in [-0.1, -0.05) is 0 Å². The SMILES string of the molecule is O.O.[O]=[Bi]. The van der Waals surface area contributed by atoms with Gasteiger partial charge in [-0.2, -0.15) is 0 Å². The maximum absolute atomic E-state index is 8.36. The Hall–Kier alpha value is 0.603. The Kier molecular flexibility index (Phi) is 390. The van der Waals surface area contributed by atoms with Crippen LogP contribution in [-0.4, -0.2) is 35.7 Å². The molecule has 0 aromatic carbocycles. The molecule has 0 amide bonds. The van der Waals surface area contributed by atoms with Crippen LogP contribution in [0.4, 0.5) is 0 Å². The van der Waals surface area contributed by atoms with Crippen molar-refractivity contribution >= 4 is 24.7 Å². The van der Waals surface area contributed by atoms with Crippen molar-refractivity contribution in [3.05, 3.63) is 0 Å². The van der Waals surface area contributed by atoms with Gasteiger partial charge in [0.25, 0.3) is 0 Å². The summed E-state index contributed by atoms with van der Waals surface area (Å²) in [4.78, 5) is 0. The van der Waals surface area contributed by atoms with Crippen LogP contribution < -0.4 is 0 Å². The fourth-order valence-corrected chi connectivity index (χ4v) is 0. The Bertz CT molecular complexity index is 3.25. The van der Waals surface area contributed by atoms with Gasteiger partial charge in [0.1, 0.15) is 0 Å². The van der Waals surface area contributed by atoms with Crippen LogP contribution in [0.15, 0.2) is 0 Å². The van der Waals surface area contributed by atoms with Crippen molar-refractivity contribution in [1.29, 1.82) is 0 Å². The summed E-state index contributed by atoms with van der Waals surface area (Å²) in [6.07, 6.45) is 0. The molecule has 0 spiro atoms. The van der Waals surface area contributed by atoms with E-state index in [4.69, 9.17) is 2.81 Å². The van der Waals surface area contributed by atoms with Crippen LogP contribution in [0.5, 0.6) is 0 Å². The van der Waals surface area contributed by atoms with Gasteiger partial charge in [-0.25, -0.2) is 0 Å². The molecule has 4 heavy (non-hydrogen) atoms. The van der Waals surface area contributed by atoms with Crippen molar-refractivity contribution in [1.82, 2.24) is 0 Å². The Morgan fingerprint density at radius 1 is 1.00 bits per heavy atom. The van der Waals surface area contributed by atoms with Crippen molar-refractivity contribution in [2.24, 2.45) is 0 Å². The molecular formula is H4BiO3. The van der Waals surface area contributed by atoms with Gasteiger partial charge < -0.3 is 11.0 Å². The zero-order valence-electron chi connectivity index (χ0n) is 1.86. The second-order valence-corrected chi connectivity index (χ2v) is 0. The van der Waals surface area contributed by atoms with E-state index in [9.17, 15) is 0 Å². The standard InChI is InChI=1S/Bi.2H2O.O/h;2*1H2;. The first-order valence-corrected chi connectivity index (χ1v) is 1.60. The van der Waals surface area contributed by atoms with Crippen LogP contribution in [-0.2, 0) is 2.81 Å². The van der Waals surface area contributed by atoms with E-state index in [-0.39, 0.29) is 35.7 Å². The zero-order valence-corrected chi connectivity index (χ0v) is 5.33. The van der Waals surface area contributed by atoms with Gasteiger partial charge in [-0.15, -0.1) is 0 Å². The van der Waals surface area contributed by atoms with Crippen molar-refractivity contribution in [2.75, 3.05) is 0 Å². The summed E-state index contributed by atoms with van der Waals surface area (Å²) in [5, 5.41) is 0. The van der Waals surface area contributed by atoms with Gasteiger partial charge in [-0.3, -0.25) is 0 Å². The number of rotatable bonds is 0. The molecule has 0 aliphatic carbocycles. The van der Waals surface area contributed by atoms with E-state index in [1.165, 1.54) is 0 Å². The molecule has 0 rings (SSSR count). The minimum atomic E-state index is 0. The summed E-state index contributed by atoms with van der Waals surface area (Å²) in [5.41, 5.74) is 0. The molecule has 0 aliphatic heterocycles. The summed E-state index contributed by atoms with van der Waals surface area (Å²) in [7, 11) is 0. The molecule has 4 heteroatoms. The minimum absolute atomic E-state index is 0. The maximum atomic E-state index is 8.36. The third kappa shape index (κ3) is 18.4. The zero-order chi connectivity index (χ0) is 2.00. The van der Waals surface area contributed by atoms with Gasteiger partial charge in [-0.05, 0) is 0 Å². The molecule has 0 heterocycles. The first kappa shape index (κ1) is 23.3. The molecule has 3 nitrogen and oxygen atoms in total. The summed E-state index contributed by atoms with van der Waals surface area (Å²) >= 11 is 0.194. The van der Waals surface area contributed by atoms with Crippen LogP contribution in [0.3, 0.4) is 0 Å². The Morgan fingerprint density at radius 3 is 1.00 bits per heavy atom. The second-order valence-electron chi connectivity index (χ2n) is 0. The number of hydrogen-bond donors (Lipinski definition) is 0. The molecule has 0 saturated heterocycles. The molecule has 0 aromatic heterocycles. The molecule has 0 unspecified atom stereocenters. The summed E-state index contributed by atoms with van der Waals surface area (Å²) in [6, 6.07) is 0. The summed E-state index contributed by atoms with van der Waals surface area (Å²) < 4.78 is 8.36. The Balaban J connectivity index is -0.00000000500. The van der Waals surface area contributed by atoms with Crippen molar-refractivity contribution < 1.29 is 13.8 Å². The van der Waals surface area contributed by atoms with E-state index in [1.807, 2.05) is 0 Å². The van der Waals surface area contributed by atoms with E-state index >= 15 is 0 Å². The van der Waals surface area contributed by atoms with Crippen LogP contribution >= 0.6 is 0 Å². The molecular weight excluding hydrogens is 257 g/mol. The van der Waals surface area contributed by atoms with Crippen LogP contribution in [0, 0.1) is 0 Å². The van der Waals surface area contributed by atoms with Gasteiger partial charge in [0, 0.05) is 0 Å². The van der Waals surface area contributed by atoms with Gasteiger partial charge >= 0.3 is 27.5 Å². The third-order valence-corrected chi connectivity index (χ3v) is 0. The van der Waals surface area contributed by atoms with E-state index < -0.39 is 0 Å². The topological polar surface area (TPSA) is 80.1 Å². The summed E-state index contributed by atoms with van der Waals surface area (Å²) in [6.45, 7) is 0. The van der Waals surface area contributed by atoms with E-state index in [2.05, 4.69) is 0 Å². The Morgan fingerprint density at radius 2 is 1.00 bits per heavy atom. The van der Waals surface area contributed by atoms with Crippen LogP contribution in [0.1, 0.15) is 0 Å². The van der Waals surface area contributed by atoms with Gasteiger partial charge in [0.05, 0.1) is 0 Å². The predicted molar refractivity (Wildman–Crippen MR) is 13.7 cm³/mol. The van der Waals surface area contributed by atoms with E-state index in [1.54, 1.807) is 0 Å². The molecule has 0 aromatic rings. The fraction of sp³-hybridized carbons (Fsp3) is 0. The second kappa shape index (κ2) is 67.1. The molecule has 0 bridgehead atoms. The van der Waals surface area contributed by atoms with Crippen molar-refractivity contribution in [3.63, 3.8) is 0 Å². The normalized spacial score (nSPS) is 1.00. The molecule has 0 aliphatic rings. The molecule has 4 N–H and O–H groups in total. The predicted octanol–water partition coefficient (Wildman–Crippen LogP) is -2.15. The summed E-state index contributed by atoms with van der Waals surface area (Å²) in [5.74, 6) is 0. The molecule has 0 saturated carbocycles. The van der Waals surface area contributed by atoms with E-state index in [0.717, 1.165) is 0 Å². The molecule has 0 atom stereocenters. The van der Waals surface area contributed by atoms with Gasteiger partial charge in [0.15, 0.2) is 0 Å². The molecule has 1 radical (unpaired) electrons. The van der Waals surface area contributed by atoms with Crippen LogP contribution in [0.25, 0.3) is 0 Å². The quantitative estimate of drug-likeness (QED) is 0.458. The monoisotopic (exact) mass is 261 g/mol. The molecule has 0 fully saturated rings. The third-order valence-electron chi connectivity index (χ3n) is 0. The first-order chi connectivity index (χ1) is 1.00. The van der Waals surface area contributed by atoms with E-state index in [0.29, 0.717) is 0 Å². The first-order valence-electron chi connectivity index (χ1n) is 0.183. The molecule has 27 valence electrons. The van der Waals surface area contributed by atoms with Crippen LogP contribution in [0.2, 0.25) is 0 Å². The number of hydrogen-bond acceptors (Lipinski definition) is 1. The fourth-order valence-electron chi connectivity index (χ4n) is 0. The van der Waals surface area contributed by atoms with Crippen molar-refractivity contribution in [3.8, 4) is 0 Å². The average Bonchev–Trinajstić information content (AvgIpc) is 1.00.